The van der Waals surface area contributed by atoms with E-state index >= 15 is 0 Å². The maximum absolute atomic E-state index is 12.4. The van der Waals surface area contributed by atoms with Crippen LogP contribution in [0.5, 0.6) is 0 Å². The molecule has 0 unspecified atom stereocenters. The van der Waals surface area contributed by atoms with E-state index in [0.29, 0.717) is 29.7 Å². The Morgan fingerprint density at radius 2 is 2.22 bits per heavy atom. The van der Waals surface area contributed by atoms with Gasteiger partial charge in [-0.05, 0) is 44.2 Å². The Labute approximate surface area is 134 Å². The maximum Gasteiger partial charge on any atom is 0.319 e. The third kappa shape index (κ3) is 2.79. The number of amides is 2. The topological polar surface area (TPSA) is 76.4 Å². The maximum atomic E-state index is 12.4. The molecule has 6 nitrogen and oxygen atoms in total. The summed E-state index contributed by atoms with van der Waals surface area (Å²) in [5, 5.41) is 5.99. The van der Waals surface area contributed by atoms with Crippen LogP contribution in [-0.4, -0.2) is 29.3 Å². The van der Waals surface area contributed by atoms with Gasteiger partial charge in [0.25, 0.3) is 0 Å². The summed E-state index contributed by atoms with van der Waals surface area (Å²) in [5.41, 5.74) is 1.86. The van der Waals surface area contributed by atoms with Gasteiger partial charge < -0.3 is 19.8 Å². The van der Waals surface area contributed by atoms with E-state index in [1.807, 2.05) is 12.1 Å². The molecule has 2 N–H and O–H groups in total. The van der Waals surface area contributed by atoms with Crippen molar-refractivity contribution in [3.8, 4) is 0 Å². The Morgan fingerprint density at radius 3 is 3.00 bits per heavy atom. The molecule has 1 saturated carbocycles. The van der Waals surface area contributed by atoms with E-state index in [4.69, 9.17) is 9.15 Å². The number of rotatable bonds is 3. The van der Waals surface area contributed by atoms with E-state index in [0.717, 1.165) is 11.9 Å². The molecule has 1 aliphatic carbocycles. The second-order valence-electron chi connectivity index (χ2n) is 6.79. The van der Waals surface area contributed by atoms with Crippen molar-refractivity contribution >= 4 is 22.8 Å². The second-order valence-corrected chi connectivity index (χ2v) is 6.79. The van der Waals surface area contributed by atoms with Crippen molar-refractivity contribution in [3.05, 3.63) is 24.1 Å². The minimum Gasteiger partial charge on any atom is -0.441 e. The lowest BCUT2D eigenvalue weighted by Gasteiger charge is -2.31. The fourth-order valence-corrected chi connectivity index (χ4v) is 3.45. The summed E-state index contributed by atoms with van der Waals surface area (Å²) in [6.45, 7) is 4.59. The quantitative estimate of drug-likeness (QED) is 0.912. The fourth-order valence-electron chi connectivity index (χ4n) is 3.45. The van der Waals surface area contributed by atoms with Crippen molar-refractivity contribution in [3.63, 3.8) is 0 Å². The molecule has 2 heterocycles. The van der Waals surface area contributed by atoms with E-state index in [1.165, 1.54) is 12.8 Å². The summed E-state index contributed by atoms with van der Waals surface area (Å²) < 4.78 is 11.3. The number of aryl methyl sites for hydroxylation is 1. The zero-order valence-corrected chi connectivity index (χ0v) is 13.4. The van der Waals surface area contributed by atoms with Crippen molar-refractivity contribution in [1.29, 1.82) is 0 Å². The van der Waals surface area contributed by atoms with Crippen LogP contribution in [-0.2, 0) is 4.74 Å². The van der Waals surface area contributed by atoms with Gasteiger partial charge in [0.2, 0.25) is 0 Å². The van der Waals surface area contributed by atoms with Gasteiger partial charge in [0.05, 0.1) is 11.6 Å². The van der Waals surface area contributed by atoms with Crippen LogP contribution in [0.3, 0.4) is 0 Å². The van der Waals surface area contributed by atoms with Gasteiger partial charge in [0, 0.05) is 25.3 Å². The molecule has 1 aliphatic heterocycles. The van der Waals surface area contributed by atoms with Crippen molar-refractivity contribution in [2.75, 3.05) is 11.9 Å². The number of aromatic nitrogens is 1. The number of carbonyl (C=O) groups excluding carboxylic acids is 1. The largest absolute Gasteiger partial charge is 0.441 e. The van der Waals surface area contributed by atoms with Gasteiger partial charge in [-0.15, -0.1) is 0 Å². The number of hydrogen-bond acceptors (Lipinski definition) is 4. The molecule has 4 rings (SSSR count). The number of carbonyl (C=O) groups is 1. The van der Waals surface area contributed by atoms with Gasteiger partial charge in [0.1, 0.15) is 5.52 Å². The lowest BCUT2D eigenvalue weighted by atomic mass is 9.90. The van der Waals surface area contributed by atoms with Gasteiger partial charge in [-0.3, -0.25) is 0 Å². The Morgan fingerprint density at radius 1 is 1.39 bits per heavy atom. The third-order valence-corrected chi connectivity index (χ3v) is 4.75. The van der Waals surface area contributed by atoms with E-state index < -0.39 is 0 Å². The van der Waals surface area contributed by atoms with Crippen LogP contribution >= 0.6 is 0 Å². The van der Waals surface area contributed by atoms with E-state index in [1.54, 1.807) is 13.0 Å². The molecule has 1 saturated heterocycles. The molecule has 1 aromatic carbocycles. The summed E-state index contributed by atoms with van der Waals surface area (Å²) in [6, 6.07) is 5.25. The zero-order valence-electron chi connectivity index (χ0n) is 13.4. The SMILES string of the molecule is Cc1nc2ccc(NC(=O)N[C@]3(C)CCO[C@@H]3C3CC3)cc2o1. The first kappa shape index (κ1) is 14.5. The summed E-state index contributed by atoms with van der Waals surface area (Å²) in [5.74, 6) is 1.21. The highest BCUT2D eigenvalue weighted by Gasteiger charge is 2.49. The van der Waals surface area contributed by atoms with Gasteiger partial charge >= 0.3 is 6.03 Å². The minimum absolute atomic E-state index is 0.132. The fraction of sp³-hybridized carbons (Fsp3) is 0.529. The van der Waals surface area contributed by atoms with Gasteiger partial charge in [-0.1, -0.05) is 0 Å². The molecule has 2 amide bonds. The van der Waals surface area contributed by atoms with E-state index in [9.17, 15) is 4.79 Å². The summed E-state index contributed by atoms with van der Waals surface area (Å²) in [6.07, 6.45) is 3.38. The van der Waals surface area contributed by atoms with Crippen LogP contribution in [0.2, 0.25) is 0 Å². The van der Waals surface area contributed by atoms with Crippen molar-refractivity contribution in [2.45, 2.75) is 44.8 Å². The van der Waals surface area contributed by atoms with Crippen LogP contribution < -0.4 is 10.6 Å². The van der Waals surface area contributed by atoms with Crippen molar-refractivity contribution in [2.24, 2.45) is 5.92 Å². The summed E-state index contributed by atoms with van der Waals surface area (Å²) in [7, 11) is 0. The van der Waals surface area contributed by atoms with E-state index in [2.05, 4.69) is 22.5 Å². The zero-order chi connectivity index (χ0) is 16.0. The average molecular weight is 315 g/mol. The molecule has 23 heavy (non-hydrogen) atoms. The normalized spacial score (nSPS) is 27.3. The van der Waals surface area contributed by atoms with Crippen LogP contribution in [0.15, 0.2) is 22.6 Å². The van der Waals surface area contributed by atoms with Crippen molar-refractivity contribution < 1.29 is 13.9 Å². The molecule has 0 bridgehead atoms. The highest BCUT2D eigenvalue weighted by molar-refractivity contribution is 5.92. The average Bonchev–Trinajstić information content (AvgIpc) is 3.15. The molecule has 6 heteroatoms. The number of urea groups is 1. The molecule has 2 atom stereocenters. The number of benzene rings is 1. The van der Waals surface area contributed by atoms with Crippen LogP contribution in [0, 0.1) is 12.8 Å². The highest BCUT2D eigenvalue weighted by Crippen LogP contribution is 2.43. The Kier molecular flexibility index (Phi) is 3.30. The minimum atomic E-state index is -0.293. The summed E-state index contributed by atoms with van der Waals surface area (Å²) in [4.78, 5) is 16.6. The number of nitrogens with one attached hydrogen (secondary N) is 2. The van der Waals surface area contributed by atoms with Crippen LogP contribution in [0.1, 0.15) is 32.1 Å². The van der Waals surface area contributed by atoms with Gasteiger partial charge in [-0.25, -0.2) is 9.78 Å². The third-order valence-electron chi connectivity index (χ3n) is 4.75. The Hall–Kier alpha value is -2.08. The smallest absolute Gasteiger partial charge is 0.319 e. The number of anilines is 1. The predicted molar refractivity (Wildman–Crippen MR) is 86.4 cm³/mol. The standard InChI is InChI=1S/C17H21N3O3/c1-10-18-13-6-5-12(9-14(13)23-10)19-16(21)20-17(2)7-8-22-15(17)11-3-4-11/h5-6,9,11,15H,3-4,7-8H2,1-2H3,(H2,19,20,21)/t15-,17-/m1/s1. The van der Waals surface area contributed by atoms with E-state index in [-0.39, 0.29) is 17.7 Å². The molecular weight excluding hydrogens is 294 g/mol. The first-order valence-electron chi connectivity index (χ1n) is 8.11. The summed E-state index contributed by atoms with van der Waals surface area (Å²) >= 11 is 0. The Bertz CT molecular complexity index is 753. The predicted octanol–water partition coefficient (Wildman–Crippen LogP) is 3.22. The molecule has 1 aromatic heterocycles. The molecule has 2 aliphatic rings. The Balaban J connectivity index is 1.46. The lowest BCUT2D eigenvalue weighted by Crippen LogP contribution is -2.53. The van der Waals surface area contributed by atoms with Gasteiger partial charge in [-0.2, -0.15) is 0 Å². The number of hydrogen-bond donors (Lipinski definition) is 2. The van der Waals surface area contributed by atoms with Crippen molar-refractivity contribution in [1.82, 2.24) is 10.3 Å². The molecule has 0 radical (unpaired) electrons. The van der Waals surface area contributed by atoms with Gasteiger partial charge in [0.15, 0.2) is 11.5 Å². The number of oxazole rings is 1. The molecule has 122 valence electrons. The number of nitrogens with zero attached hydrogens (tertiary/aromatic N) is 1. The van der Waals surface area contributed by atoms with Crippen LogP contribution in [0.4, 0.5) is 10.5 Å². The highest BCUT2D eigenvalue weighted by atomic mass is 16.5. The first-order chi connectivity index (χ1) is 11.0. The molecule has 2 aromatic rings. The number of ether oxygens (including phenoxy) is 1. The number of fused-ring (bicyclic) bond motifs is 1. The molecule has 0 spiro atoms. The molecule has 2 fully saturated rings. The lowest BCUT2D eigenvalue weighted by molar-refractivity contribution is 0.0597. The second kappa shape index (κ2) is 5.23. The monoisotopic (exact) mass is 315 g/mol. The molecular formula is C17H21N3O3. The first-order valence-corrected chi connectivity index (χ1v) is 8.11. The van der Waals surface area contributed by atoms with Crippen LogP contribution in [0.25, 0.3) is 11.1 Å².